The number of amides is 7. The summed E-state index contributed by atoms with van der Waals surface area (Å²) < 4.78 is 23.4. The molecule has 4 aliphatic rings. The Kier molecular flexibility index (Phi) is 23.7. The Morgan fingerprint density at radius 3 is 1.46 bits per heavy atom. The maximum atomic E-state index is 14.6. The van der Waals surface area contributed by atoms with E-state index in [2.05, 4.69) is 16.0 Å². The first-order valence-corrected chi connectivity index (χ1v) is 32.0. The van der Waals surface area contributed by atoms with Gasteiger partial charge in [-0.05, 0) is 103 Å². The lowest BCUT2D eigenvalue weighted by atomic mass is 9.79. The summed E-state index contributed by atoms with van der Waals surface area (Å²) in [6, 6.07) is 14.1. The number of unbranched alkanes of at least 4 members (excludes halogenated alkanes) is 5. The number of thioether (sulfide) groups is 2. The van der Waals surface area contributed by atoms with Gasteiger partial charge in [-0.2, -0.15) is 0 Å². The predicted molar refractivity (Wildman–Crippen MR) is 327 cm³/mol. The van der Waals surface area contributed by atoms with Crippen molar-refractivity contribution in [2.45, 2.75) is 211 Å². The Morgan fingerprint density at radius 1 is 0.607 bits per heavy atom. The molecule has 0 spiro atoms. The second-order valence-corrected chi connectivity index (χ2v) is 28.9. The van der Waals surface area contributed by atoms with E-state index in [1.807, 2.05) is 88.4 Å². The van der Waals surface area contributed by atoms with Gasteiger partial charge in [-0.1, -0.05) is 114 Å². The lowest BCUT2D eigenvalue weighted by Gasteiger charge is -2.39. The van der Waals surface area contributed by atoms with Crippen LogP contribution in [-0.2, 0) is 47.7 Å². The number of hydrogen-bond donors (Lipinski definition) is 3. The van der Waals surface area contributed by atoms with Gasteiger partial charge in [0.05, 0.1) is 36.0 Å². The van der Waals surface area contributed by atoms with Crippen LogP contribution in [0.25, 0.3) is 0 Å². The molecule has 0 aromatic heterocycles. The minimum absolute atomic E-state index is 0.0400. The quantitative estimate of drug-likeness (QED) is 0.0749. The Bertz CT molecular complexity index is 2420. The molecular formula is C63H95N7O12S2. The molecule has 4 fully saturated rings. The molecule has 2 aromatic carbocycles. The topological polar surface area (TPSA) is 223 Å². The molecule has 4 heterocycles. The van der Waals surface area contributed by atoms with Gasteiger partial charge in [0.1, 0.15) is 41.4 Å². The standard InChI is InChI=1S/C63H95N7O12S2/c1-40(67(13)58(77)81-60(3,4)5)53(72)65-46-38-83-49-34-62(9,10)51(69(49)56(46)75)48(71)33-44(42-27-21-19-22-28-42)36-79-31-25-17-15-16-18-26-32-80-37-45(43-29-23-20-24-30-43)64-55(74)52-63(11,12)35-50-70(52)57(76)47(39-84-50)66-54(73)41(2)68(14)59(78)82-61(6,7)8/h19-24,27-30,40-41,44-47,49-52H,15-18,25-26,31-39H2,1-14H3,(H,64,74)(H,65,72)(H,66,73)/t40-,41-,44+,45+,46-,47-,49-,50-,51+,52+/m0/s1. The minimum Gasteiger partial charge on any atom is -0.444 e. The summed E-state index contributed by atoms with van der Waals surface area (Å²) >= 11 is 3.10. The second kappa shape index (κ2) is 29.3. The third-order valence-electron chi connectivity index (χ3n) is 16.2. The van der Waals surface area contributed by atoms with Crippen LogP contribution >= 0.6 is 23.5 Å². The molecule has 0 radical (unpaired) electrons. The highest BCUT2D eigenvalue weighted by molar-refractivity contribution is 8.00. The van der Waals surface area contributed by atoms with Crippen molar-refractivity contribution in [1.82, 2.24) is 35.6 Å². The van der Waals surface area contributed by atoms with Crippen LogP contribution in [0.4, 0.5) is 9.59 Å². The van der Waals surface area contributed by atoms with Crippen LogP contribution in [0.2, 0.25) is 0 Å². The monoisotopic (exact) mass is 1210 g/mol. The average Bonchev–Trinajstić information content (AvgIpc) is 1.84. The van der Waals surface area contributed by atoms with E-state index in [0.29, 0.717) is 44.2 Å². The third-order valence-corrected chi connectivity index (χ3v) is 18.8. The molecule has 19 nitrogen and oxygen atoms in total. The van der Waals surface area contributed by atoms with Crippen LogP contribution in [-0.4, -0.2) is 177 Å². The van der Waals surface area contributed by atoms with Crippen LogP contribution in [0, 0.1) is 10.8 Å². The fourth-order valence-corrected chi connectivity index (χ4v) is 14.5. The highest BCUT2D eigenvalue weighted by Gasteiger charge is 2.57. The first-order valence-electron chi connectivity index (χ1n) is 29.9. The smallest absolute Gasteiger partial charge is 0.410 e. The molecule has 4 saturated heterocycles. The summed E-state index contributed by atoms with van der Waals surface area (Å²) in [5.41, 5.74) is -0.666. The molecule has 466 valence electrons. The maximum Gasteiger partial charge on any atom is 0.410 e. The molecule has 4 aliphatic heterocycles. The normalized spacial score (nSPS) is 23.3. The van der Waals surface area contributed by atoms with Crippen molar-refractivity contribution >= 4 is 71.0 Å². The van der Waals surface area contributed by atoms with Gasteiger partial charge in [0.25, 0.3) is 0 Å². The molecule has 2 aromatic rings. The van der Waals surface area contributed by atoms with Gasteiger partial charge < -0.3 is 44.7 Å². The van der Waals surface area contributed by atoms with E-state index in [-0.39, 0.29) is 53.2 Å². The highest BCUT2D eigenvalue weighted by atomic mass is 32.2. The number of carbonyl (C=O) groups excluding carboxylic acids is 8. The molecule has 6 rings (SSSR count). The van der Waals surface area contributed by atoms with Gasteiger partial charge in [0, 0.05) is 51.2 Å². The van der Waals surface area contributed by atoms with Crippen molar-refractivity contribution in [2.24, 2.45) is 10.8 Å². The van der Waals surface area contributed by atoms with E-state index in [0.717, 1.165) is 49.7 Å². The summed E-state index contributed by atoms with van der Waals surface area (Å²) in [4.78, 5) is 116. The number of benzene rings is 2. The van der Waals surface area contributed by atoms with Crippen molar-refractivity contribution in [1.29, 1.82) is 0 Å². The van der Waals surface area contributed by atoms with Crippen LogP contribution in [0.15, 0.2) is 60.7 Å². The van der Waals surface area contributed by atoms with Crippen LogP contribution in [0.1, 0.15) is 164 Å². The second-order valence-electron chi connectivity index (χ2n) is 26.4. The van der Waals surface area contributed by atoms with E-state index in [1.54, 1.807) is 77.0 Å². The number of carbonyl (C=O) groups is 8. The number of likely N-dealkylation sites (N-methyl/N-ethyl adjacent to an activating group) is 2. The van der Waals surface area contributed by atoms with E-state index in [4.69, 9.17) is 18.9 Å². The molecule has 0 aliphatic carbocycles. The highest BCUT2D eigenvalue weighted by Crippen LogP contribution is 2.49. The minimum atomic E-state index is -0.905. The van der Waals surface area contributed by atoms with Gasteiger partial charge in [0.15, 0.2) is 5.78 Å². The number of rotatable bonds is 26. The largest absolute Gasteiger partial charge is 0.444 e. The summed E-state index contributed by atoms with van der Waals surface area (Å²) in [5.74, 6) is -1.44. The van der Waals surface area contributed by atoms with E-state index < -0.39 is 88.3 Å². The van der Waals surface area contributed by atoms with E-state index in [1.165, 1.54) is 35.7 Å². The number of fused-ring (bicyclic) bond motifs is 2. The summed E-state index contributed by atoms with van der Waals surface area (Å²) in [7, 11) is 2.97. The third kappa shape index (κ3) is 18.1. The van der Waals surface area contributed by atoms with Gasteiger partial charge in [-0.25, -0.2) is 9.59 Å². The zero-order chi connectivity index (χ0) is 61.9. The first kappa shape index (κ1) is 67.7. The fraction of sp³-hybridized carbons (Fsp3) is 0.683. The number of hydrogen-bond acceptors (Lipinski definition) is 14. The number of ether oxygens (including phenoxy) is 4. The fourth-order valence-electron chi connectivity index (χ4n) is 11.4. The Morgan fingerprint density at radius 2 is 1.01 bits per heavy atom. The molecule has 10 atom stereocenters. The van der Waals surface area contributed by atoms with Crippen LogP contribution in [0.5, 0.6) is 0 Å². The van der Waals surface area contributed by atoms with Crippen molar-refractivity contribution in [3.63, 3.8) is 0 Å². The zero-order valence-corrected chi connectivity index (χ0v) is 53.8. The Hall–Kier alpha value is -5.38. The maximum absolute atomic E-state index is 14.6. The van der Waals surface area contributed by atoms with E-state index in [9.17, 15) is 38.4 Å². The lowest BCUT2D eigenvalue weighted by Crippen LogP contribution is -2.62. The van der Waals surface area contributed by atoms with Crippen LogP contribution < -0.4 is 16.0 Å². The average molecular weight is 1210 g/mol. The number of nitrogens with one attached hydrogen (secondary N) is 3. The van der Waals surface area contributed by atoms with Gasteiger partial charge in [-0.15, -0.1) is 23.5 Å². The number of nitrogens with zero attached hydrogens (tertiary/aromatic N) is 4. The molecule has 7 amide bonds. The van der Waals surface area contributed by atoms with Gasteiger partial charge in [-0.3, -0.25) is 38.6 Å². The molecule has 21 heteroatoms. The number of Topliss-reactive ketones (excluding diaryl/α,β-unsaturated/α-hetero) is 1. The molecular weight excluding hydrogens is 1110 g/mol. The molecule has 84 heavy (non-hydrogen) atoms. The van der Waals surface area contributed by atoms with Gasteiger partial charge >= 0.3 is 12.2 Å². The lowest BCUT2D eigenvalue weighted by molar-refractivity contribution is -0.144. The zero-order valence-electron chi connectivity index (χ0n) is 52.2. The van der Waals surface area contributed by atoms with Crippen LogP contribution in [0.3, 0.4) is 0 Å². The molecule has 0 unspecified atom stereocenters. The molecule has 0 saturated carbocycles. The first-order chi connectivity index (χ1) is 39.4. The van der Waals surface area contributed by atoms with Crippen molar-refractivity contribution < 1.29 is 57.3 Å². The van der Waals surface area contributed by atoms with Crippen molar-refractivity contribution in [3.8, 4) is 0 Å². The van der Waals surface area contributed by atoms with E-state index >= 15 is 0 Å². The SMILES string of the molecule is C[C@@H](C(=O)N[C@H]1CS[C@H]2CC(C)(C)[C@@H](C(=O)C[C@H](COCCCCCCCCOC[C@@H](NC(=O)[C@H]3N4C(=O)[C@@H](NC(=O)[C@H](C)N(C)C(=O)OC(C)(C)C)CS[C@H]4CC3(C)C)c3ccccc3)c3ccccc3)N2C1=O)N(C)C(=O)OC(C)(C)C. The summed E-state index contributed by atoms with van der Waals surface area (Å²) in [6.07, 6.45) is 5.83. The summed E-state index contributed by atoms with van der Waals surface area (Å²) in [6.45, 7) is 23.4. The molecule has 3 N–H and O–H groups in total. The molecule has 0 bridgehead atoms. The van der Waals surface area contributed by atoms with Crippen molar-refractivity contribution in [2.75, 3.05) is 52.0 Å². The Balaban J connectivity index is 0.934. The van der Waals surface area contributed by atoms with Crippen molar-refractivity contribution in [3.05, 3.63) is 71.8 Å². The predicted octanol–water partition coefficient (Wildman–Crippen LogP) is 8.84. The Labute approximate surface area is 507 Å². The van der Waals surface area contributed by atoms with Gasteiger partial charge in [0.2, 0.25) is 29.5 Å². The summed E-state index contributed by atoms with van der Waals surface area (Å²) in [5, 5.41) is 8.51. The number of ketones is 1.